The molecule has 0 heterocycles. The molecule has 0 atom stereocenters. The largest absolute Gasteiger partial charge is 0.300 e. The second-order valence-corrected chi connectivity index (χ2v) is 3.83. The molecular formula is C9H14O2Si. The Kier molecular flexibility index (Phi) is 5.54. The third-order valence-corrected chi connectivity index (χ3v) is 2.23. The summed E-state index contributed by atoms with van der Waals surface area (Å²) in [6.45, 7) is 7.18. The molecule has 0 unspecified atom stereocenters. The Morgan fingerprint density at radius 1 is 1.33 bits per heavy atom. The average Bonchev–Trinajstić information content (AvgIpc) is 2.00. The molecule has 0 fully saturated rings. The number of hydrogen-bond acceptors (Lipinski definition) is 2. The first-order valence-corrected chi connectivity index (χ1v) is 5.63. The zero-order chi connectivity index (χ0) is 9.56. The Balaban J connectivity index is 3.61. The summed E-state index contributed by atoms with van der Waals surface area (Å²) in [5, 5.41) is 0. The Morgan fingerprint density at radius 2 is 1.92 bits per heavy atom. The SMILES string of the molecule is C=C(C)C(=O)CCC(=O)C[Si]C. The van der Waals surface area contributed by atoms with E-state index < -0.39 is 0 Å². The van der Waals surface area contributed by atoms with Gasteiger partial charge in [-0.1, -0.05) is 13.1 Å². The molecule has 0 aromatic carbocycles. The third-order valence-electron chi connectivity index (χ3n) is 1.48. The summed E-state index contributed by atoms with van der Waals surface area (Å²) in [4.78, 5) is 22.0. The van der Waals surface area contributed by atoms with Gasteiger partial charge < -0.3 is 4.79 Å². The van der Waals surface area contributed by atoms with Gasteiger partial charge in [-0.15, -0.1) is 0 Å². The number of hydrogen-bond donors (Lipinski definition) is 0. The molecule has 66 valence electrons. The van der Waals surface area contributed by atoms with Crippen LogP contribution >= 0.6 is 0 Å². The van der Waals surface area contributed by atoms with Crippen LogP contribution in [0.4, 0.5) is 0 Å². The zero-order valence-corrected chi connectivity index (χ0v) is 8.64. The second kappa shape index (κ2) is 5.89. The molecule has 0 aliphatic rings. The maximum absolute atomic E-state index is 11.0. The summed E-state index contributed by atoms with van der Waals surface area (Å²) >= 11 is 0. The van der Waals surface area contributed by atoms with Gasteiger partial charge in [0.15, 0.2) is 5.78 Å². The van der Waals surface area contributed by atoms with Crippen molar-refractivity contribution in [3.8, 4) is 0 Å². The van der Waals surface area contributed by atoms with E-state index in [4.69, 9.17) is 0 Å². The Bertz CT molecular complexity index is 197. The van der Waals surface area contributed by atoms with Crippen LogP contribution in [0.15, 0.2) is 12.2 Å². The van der Waals surface area contributed by atoms with Crippen LogP contribution in [0.25, 0.3) is 0 Å². The fourth-order valence-electron chi connectivity index (χ4n) is 0.752. The first-order chi connectivity index (χ1) is 5.57. The quantitative estimate of drug-likeness (QED) is 0.462. The van der Waals surface area contributed by atoms with E-state index in [0.717, 1.165) is 0 Å². The highest BCUT2D eigenvalue weighted by atomic mass is 28.2. The van der Waals surface area contributed by atoms with E-state index in [1.165, 1.54) is 0 Å². The van der Waals surface area contributed by atoms with E-state index in [1.807, 2.05) is 6.55 Å². The maximum atomic E-state index is 11.0. The molecule has 0 aliphatic carbocycles. The van der Waals surface area contributed by atoms with Crippen molar-refractivity contribution in [1.29, 1.82) is 0 Å². The first kappa shape index (κ1) is 11.3. The molecule has 0 saturated heterocycles. The maximum Gasteiger partial charge on any atom is 0.158 e. The van der Waals surface area contributed by atoms with Crippen molar-refractivity contribution in [1.82, 2.24) is 0 Å². The van der Waals surface area contributed by atoms with Crippen LogP contribution in [0.5, 0.6) is 0 Å². The summed E-state index contributed by atoms with van der Waals surface area (Å²) < 4.78 is 0. The summed E-state index contributed by atoms with van der Waals surface area (Å²) in [5.41, 5.74) is 0.543. The topological polar surface area (TPSA) is 34.1 Å². The first-order valence-electron chi connectivity index (χ1n) is 3.93. The van der Waals surface area contributed by atoms with Gasteiger partial charge in [-0.3, -0.25) is 4.79 Å². The fraction of sp³-hybridized carbons (Fsp3) is 0.556. The molecule has 0 spiro atoms. The lowest BCUT2D eigenvalue weighted by Gasteiger charge is -1.97. The Labute approximate surface area is 75.9 Å². The summed E-state index contributed by atoms with van der Waals surface area (Å²) in [6.07, 6.45) is 0.713. The molecule has 0 saturated carbocycles. The molecule has 0 aromatic rings. The molecule has 0 bridgehead atoms. The fourth-order valence-corrected chi connectivity index (χ4v) is 1.32. The number of Topliss-reactive ketones (excluding diaryl/α,β-unsaturated/α-hetero) is 2. The van der Waals surface area contributed by atoms with Crippen molar-refractivity contribution >= 4 is 21.1 Å². The van der Waals surface area contributed by atoms with Gasteiger partial charge in [-0.05, 0) is 18.5 Å². The van der Waals surface area contributed by atoms with Crippen LogP contribution < -0.4 is 0 Å². The van der Waals surface area contributed by atoms with E-state index >= 15 is 0 Å². The van der Waals surface area contributed by atoms with Crippen LogP contribution in [-0.2, 0) is 9.59 Å². The van der Waals surface area contributed by atoms with Crippen molar-refractivity contribution < 1.29 is 9.59 Å². The van der Waals surface area contributed by atoms with E-state index in [1.54, 1.807) is 6.92 Å². The van der Waals surface area contributed by atoms with Gasteiger partial charge in [-0.2, -0.15) is 0 Å². The minimum absolute atomic E-state index is 0.00258. The predicted octanol–water partition coefficient (Wildman–Crippen LogP) is 1.65. The van der Waals surface area contributed by atoms with Crippen LogP contribution in [0.3, 0.4) is 0 Å². The number of carbonyl (C=O) groups excluding carboxylic acids is 2. The van der Waals surface area contributed by atoms with E-state index in [9.17, 15) is 9.59 Å². The van der Waals surface area contributed by atoms with Crippen molar-refractivity contribution in [3.63, 3.8) is 0 Å². The van der Waals surface area contributed by atoms with Crippen LogP contribution in [0.2, 0.25) is 12.6 Å². The van der Waals surface area contributed by atoms with E-state index in [-0.39, 0.29) is 11.6 Å². The highest BCUT2D eigenvalue weighted by Crippen LogP contribution is 2.01. The van der Waals surface area contributed by atoms with Gasteiger partial charge in [0.2, 0.25) is 0 Å². The molecular weight excluding hydrogens is 168 g/mol. The van der Waals surface area contributed by atoms with Crippen LogP contribution in [-0.4, -0.2) is 21.1 Å². The van der Waals surface area contributed by atoms with Gasteiger partial charge in [-0.25, -0.2) is 0 Å². The lowest BCUT2D eigenvalue weighted by molar-refractivity contribution is -0.121. The molecule has 2 radical (unpaired) electrons. The third kappa shape index (κ3) is 5.01. The normalized spacial score (nSPS) is 9.50. The number of allylic oxidation sites excluding steroid dienone is 1. The van der Waals surface area contributed by atoms with Gasteiger partial charge in [0.25, 0.3) is 0 Å². The zero-order valence-electron chi connectivity index (χ0n) is 7.64. The Hall–Kier alpha value is -0.703. The van der Waals surface area contributed by atoms with Crippen molar-refractivity contribution in [3.05, 3.63) is 12.2 Å². The summed E-state index contributed by atoms with van der Waals surface area (Å²) in [5.74, 6) is 0.188. The van der Waals surface area contributed by atoms with Crippen molar-refractivity contribution in [2.45, 2.75) is 32.4 Å². The van der Waals surface area contributed by atoms with Gasteiger partial charge in [0.05, 0.1) is 0 Å². The smallest absolute Gasteiger partial charge is 0.158 e. The highest BCUT2D eigenvalue weighted by Gasteiger charge is 2.06. The minimum Gasteiger partial charge on any atom is -0.300 e. The number of ketones is 2. The van der Waals surface area contributed by atoms with Crippen molar-refractivity contribution in [2.24, 2.45) is 0 Å². The molecule has 2 nitrogen and oxygen atoms in total. The monoisotopic (exact) mass is 182 g/mol. The second-order valence-electron chi connectivity index (χ2n) is 2.77. The molecule has 0 N–H and O–H groups in total. The average molecular weight is 182 g/mol. The van der Waals surface area contributed by atoms with E-state index in [2.05, 4.69) is 6.58 Å². The molecule has 0 aliphatic heterocycles. The van der Waals surface area contributed by atoms with Gasteiger partial charge >= 0.3 is 0 Å². The molecule has 0 rings (SSSR count). The molecule has 0 aromatic heterocycles. The van der Waals surface area contributed by atoms with Gasteiger partial charge in [0.1, 0.15) is 5.78 Å². The van der Waals surface area contributed by atoms with Crippen molar-refractivity contribution in [2.75, 3.05) is 0 Å². The summed E-state index contributed by atoms with van der Waals surface area (Å²) in [7, 11) is 0.653. The Morgan fingerprint density at radius 3 is 2.33 bits per heavy atom. The number of carbonyl (C=O) groups is 2. The molecule has 12 heavy (non-hydrogen) atoms. The standard InChI is InChI=1S/C9H14O2Si/c1-7(2)9(11)5-4-8(10)6-12-3/h1,4-6H2,2-3H3. The van der Waals surface area contributed by atoms with E-state index in [0.29, 0.717) is 34.0 Å². The van der Waals surface area contributed by atoms with Gasteiger partial charge in [0, 0.05) is 22.4 Å². The lowest BCUT2D eigenvalue weighted by atomic mass is 10.1. The molecule has 0 amide bonds. The minimum atomic E-state index is 0.00258. The van der Waals surface area contributed by atoms with Crippen LogP contribution in [0.1, 0.15) is 19.8 Å². The summed E-state index contributed by atoms with van der Waals surface area (Å²) in [6, 6.07) is 0.615. The lowest BCUT2D eigenvalue weighted by Crippen LogP contribution is -2.05. The highest BCUT2D eigenvalue weighted by molar-refractivity contribution is 6.39. The molecule has 3 heteroatoms. The van der Waals surface area contributed by atoms with Crippen LogP contribution in [0, 0.1) is 0 Å². The predicted molar refractivity (Wildman–Crippen MR) is 50.5 cm³/mol. The number of rotatable bonds is 6.